The standard InChI is InChI=1S/C45H68N2O13/c1-26-19-27(2)21-36(55-6)40-37(56-7)23-29(4)45(54,60-40)41(51)42(52)47-18-10-9-16-44(47)43(53)59-39(30(5)34(48)24-35(49)32(20-26)15-17-46-44)28(3)22-31-11-13-33(14-12-31)58-25-38(50)57-8/h15,17,22,26-27,29-31,33-34,36-37,39-40,48,54H,9-14,16,18-21,23-25H2,1-8H3/b28-22?,32-15-,46-17?. The van der Waals surface area contributed by atoms with E-state index in [1.807, 2.05) is 19.9 Å². The van der Waals surface area contributed by atoms with Gasteiger partial charge in [-0.1, -0.05) is 33.8 Å². The van der Waals surface area contributed by atoms with E-state index < -0.39 is 77.4 Å². The number of hydrogen-bond acceptors (Lipinski definition) is 14. The number of ether oxygens (including phenoxy) is 6. The number of cyclic esters (lactones) is 1. The van der Waals surface area contributed by atoms with Crippen LogP contribution in [0.15, 0.2) is 28.3 Å². The van der Waals surface area contributed by atoms with Crippen LogP contribution in [0.4, 0.5) is 0 Å². The lowest BCUT2D eigenvalue weighted by atomic mass is 9.81. The fourth-order valence-corrected chi connectivity index (χ4v) is 9.97. The molecule has 4 bridgehead atoms. The minimum atomic E-state index is -2.57. The molecule has 1 spiro atoms. The highest BCUT2D eigenvalue weighted by molar-refractivity contribution is 6.39. The summed E-state index contributed by atoms with van der Waals surface area (Å²) in [6, 6.07) is 0. The molecular formula is C45H68N2O13. The summed E-state index contributed by atoms with van der Waals surface area (Å²) in [4.78, 5) is 75.8. The SMILES string of the molecule is COC(=O)COC1CCC(C=C(C)C2OC(=O)C34CCCCN3C(=O)C(=O)C3(O)OC(C(OC)CC(C)CC(C)C/C(=C/C=N4)C(=O)CC(O)C2C)C(OC)CC3C)CC1. The van der Waals surface area contributed by atoms with E-state index in [1.165, 1.54) is 27.5 Å². The Balaban J connectivity index is 1.57. The quantitative estimate of drug-likeness (QED) is 0.208. The Morgan fingerprint density at radius 2 is 1.63 bits per heavy atom. The van der Waals surface area contributed by atoms with Crippen LogP contribution in [0, 0.1) is 29.6 Å². The van der Waals surface area contributed by atoms with Crippen molar-refractivity contribution < 1.29 is 62.6 Å². The Hall–Kier alpha value is -3.34. The van der Waals surface area contributed by atoms with Crippen LogP contribution >= 0.6 is 0 Å². The molecule has 5 aliphatic rings. The average Bonchev–Trinajstić information content (AvgIpc) is 3.23. The summed E-state index contributed by atoms with van der Waals surface area (Å²) < 4.78 is 34.9. The van der Waals surface area contributed by atoms with E-state index >= 15 is 0 Å². The van der Waals surface area contributed by atoms with Gasteiger partial charge in [-0.2, -0.15) is 0 Å². The minimum absolute atomic E-state index is 0.00333. The topological polar surface area (TPSA) is 197 Å². The maximum atomic E-state index is 15.0. The molecule has 2 saturated heterocycles. The van der Waals surface area contributed by atoms with E-state index in [1.54, 1.807) is 19.9 Å². The van der Waals surface area contributed by atoms with E-state index in [-0.39, 0.29) is 62.1 Å². The van der Waals surface area contributed by atoms with Crippen molar-refractivity contribution in [3.63, 3.8) is 0 Å². The molecule has 11 unspecified atom stereocenters. The van der Waals surface area contributed by atoms with Crippen LogP contribution in [0.5, 0.6) is 0 Å². The van der Waals surface area contributed by atoms with Crippen molar-refractivity contribution >= 4 is 35.6 Å². The molecule has 0 aromatic rings. The van der Waals surface area contributed by atoms with Gasteiger partial charge in [0.25, 0.3) is 11.7 Å². The fourth-order valence-electron chi connectivity index (χ4n) is 9.97. The van der Waals surface area contributed by atoms with Crippen LogP contribution in [0.25, 0.3) is 0 Å². The van der Waals surface area contributed by atoms with Crippen LogP contribution in [0.1, 0.15) is 112 Å². The Labute approximate surface area is 354 Å². The van der Waals surface area contributed by atoms with Crippen molar-refractivity contribution in [2.75, 3.05) is 34.5 Å². The van der Waals surface area contributed by atoms with Crippen molar-refractivity contribution in [2.24, 2.45) is 34.6 Å². The summed E-state index contributed by atoms with van der Waals surface area (Å²) in [5.41, 5.74) is -0.967. The third-order valence-electron chi connectivity index (χ3n) is 13.6. The predicted molar refractivity (Wildman–Crippen MR) is 219 cm³/mol. The largest absolute Gasteiger partial charge is 0.467 e. The average molecular weight is 845 g/mol. The monoisotopic (exact) mass is 844 g/mol. The van der Waals surface area contributed by atoms with Gasteiger partial charge in [-0.15, -0.1) is 0 Å². The van der Waals surface area contributed by atoms with Gasteiger partial charge in [0.15, 0.2) is 5.78 Å². The van der Waals surface area contributed by atoms with Crippen molar-refractivity contribution in [3.8, 4) is 0 Å². The van der Waals surface area contributed by atoms with Crippen molar-refractivity contribution in [3.05, 3.63) is 23.3 Å². The molecule has 1 amide bonds. The number of nitrogens with zero attached hydrogens (tertiary/aromatic N) is 2. The second-order valence-electron chi connectivity index (χ2n) is 18.1. The normalized spacial score (nSPS) is 40.1. The summed E-state index contributed by atoms with van der Waals surface area (Å²) in [5, 5.41) is 23.9. The lowest BCUT2D eigenvalue weighted by molar-refractivity contribution is -0.302. The van der Waals surface area contributed by atoms with Gasteiger partial charge in [0.05, 0.1) is 31.5 Å². The van der Waals surface area contributed by atoms with E-state index in [2.05, 4.69) is 6.92 Å². The summed E-state index contributed by atoms with van der Waals surface area (Å²) in [7, 11) is 4.37. The maximum Gasteiger partial charge on any atom is 0.355 e. The Morgan fingerprint density at radius 3 is 2.30 bits per heavy atom. The molecule has 0 aromatic heterocycles. The number of Topliss-reactive ketones (excluding diaryl/α,β-unsaturated/α-hetero) is 2. The molecule has 5 rings (SSSR count). The van der Waals surface area contributed by atoms with Crippen LogP contribution in [-0.4, -0.2) is 133 Å². The zero-order valence-electron chi connectivity index (χ0n) is 36.8. The molecule has 1 aliphatic carbocycles. The van der Waals surface area contributed by atoms with Gasteiger partial charge in [-0.3, -0.25) is 19.4 Å². The van der Waals surface area contributed by atoms with Crippen molar-refractivity contribution in [1.82, 2.24) is 4.90 Å². The number of methoxy groups -OCH3 is 3. The molecule has 1 saturated carbocycles. The summed E-state index contributed by atoms with van der Waals surface area (Å²) in [6.45, 7) is 9.11. The first-order valence-corrected chi connectivity index (χ1v) is 21.8. The molecule has 3 fully saturated rings. The first-order valence-electron chi connectivity index (χ1n) is 21.8. The summed E-state index contributed by atoms with van der Waals surface area (Å²) >= 11 is 0. The predicted octanol–water partition coefficient (Wildman–Crippen LogP) is 4.44. The van der Waals surface area contributed by atoms with Crippen LogP contribution in [-0.2, 0) is 52.4 Å². The molecule has 4 aliphatic heterocycles. The molecule has 336 valence electrons. The third kappa shape index (κ3) is 10.6. The number of ketones is 2. The van der Waals surface area contributed by atoms with Crippen LogP contribution in [0.3, 0.4) is 0 Å². The Kier molecular flexibility index (Phi) is 16.4. The van der Waals surface area contributed by atoms with Gasteiger partial charge in [0.2, 0.25) is 11.4 Å². The lowest BCUT2D eigenvalue weighted by Crippen LogP contribution is -2.67. The van der Waals surface area contributed by atoms with Crippen molar-refractivity contribution in [1.29, 1.82) is 0 Å². The number of aliphatic imine (C=N–C) groups is 1. The third-order valence-corrected chi connectivity index (χ3v) is 13.6. The second-order valence-corrected chi connectivity index (χ2v) is 18.1. The maximum absolute atomic E-state index is 15.0. The van der Waals surface area contributed by atoms with Gasteiger partial charge in [0, 0.05) is 51.7 Å². The number of aliphatic hydroxyl groups excluding tert-OH is 1. The minimum Gasteiger partial charge on any atom is -0.467 e. The molecule has 11 atom stereocenters. The molecule has 60 heavy (non-hydrogen) atoms. The van der Waals surface area contributed by atoms with E-state index in [4.69, 9.17) is 33.4 Å². The molecule has 0 aromatic carbocycles. The zero-order valence-corrected chi connectivity index (χ0v) is 36.8. The summed E-state index contributed by atoms with van der Waals surface area (Å²) in [5.74, 6) is -8.08. The summed E-state index contributed by atoms with van der Waals surface area (Å²) in [6.07, 6.45) is 5.79. The number of rotatable bonds is 7. The molecule has 15 heteroatoms. The fraction of sp³-hybridized carbons (Fsp3) is 0.778. The van der Waals surface area contributed by atoms with E-state index in [9.17, 15) is 34.2 Å². The highest BCUT2D eigenvalue weighted by Gasteiger charge is 2.59. The Bertz CT molecular complexity index is 1650. The van der Waals surface area contributed by atoms with Gasteiger partial charge >= 0.3 is 11.9 Å². The molecule has 4 heterocycles. The number of carbonyl (C=O) groups excluding carboxylic acids is 5. The number of amides is 1. The first kappa shape index (κ1) is 47.7. The number of hydrogen-bond donors (Lipinski definition) is 2. The number of piperidine rings is 1. The first-order chi connectivity index (χ1) is 28.5. The highest BCUT2D eigenvalue weighted by atomic mass is 16.7. The number of fused-ring (bicyclic) bond motifs is 3. The number of carbonyl (C=O) groups is 5. The van der Waals surface area contributed by atoms with Gasteiger partial charge in [-0.05, 0) is 106 Å². The molecule has 0 radical (unpaired) electrons. The zero-order chi connectivity index (χ0) is 43.9. The Morgan fingerprint density at radius 1 is 0.950 bits per heavy atom. The highest BCUT2D eigenvalue weighted by Crippen LogP contribution is 2.41. The molecule has 2 N–H and O–H groups in total. The molecule has 15 nitrogen and oxygen atoms in total. The van der Waals surface area contributed by atoms with Crippen LogP contribution in [0.2, 0.25) is 0 Å². The van der Waals surface area contributed by atoms with Crippen molar-refractivity contribution in [2.45, 2.75) is 160 Å². The van der Waals surface area contributed by atoms with E-state index in [0.717, 1.165) is 17.7 Å². The smallest absolute Gasteiger partial charge is 0.355 e. The molecular weight excluding hydrogens is 776 g/mol. The lowest BCUT2D eigenvalue weighted by Gasteiger charge is -2.48. The number of esters is 2. The number of allylic oxidation sites excluding steroid dienone is 3. The van der Waals surface area contributed by atoms with Gasteiger partial charge in [0.1, 0.15) is 18.8 Å². The van der Waals surface area contributed by atoms with E-state index in [0.29, 0.717) is 56.1 Å². The van der Waals surface area contributed by atoms with Crippen LogP contribution < -0.4 is 0 Å². The number of aliphatic hydroxyl groups is 2. The van der Waals surface area contributed by atoms with Gasteiger partial charge in [-0.25, -0.2) is 9.59 Å². The van der Waals surface area contributed by atoms with Gasteiger partial charge < -0.3 is 43.5 Å². The second kappa shape index (κ2) is 20.7.